The summed E-state index contributed by atoms with van der Waals surface area (Å²) in [5.74, 6) is 0.222. The maximum absolute atomic E-state index is 10.3. The van der Waals surface area contributed by atoms with E-state index < -0.39 is 0 Å². The number of aromatic nitrogens is 1. The van der Waals surface area contributed by atoms with Crippen molar-refractivity contribution in [3.8, 4) is 33.8 Å². The van der Waals surface area contributed by atoms with Crippen molar-refractivity contribution < 1.29 is 14.6 Å². The van der Waals surface area contributed by atoms with Gasteiger partial charge >= 0.3 is 0 Å². The predicted molar refractivity (Wildman–Crippen MR) is 80.6 cm³/mol. The van der Waals surface area contributed by atoms with Gasteiger partial charge in [-0.25, -0.2) is 0 Å². The molecular formula is C17H13NO3. The Morgan fingerprint density at radius 3 is 2.52 bits per heavy atom. The number of furan rings is 1. The molecule has 0 amide bonds. The van der Waals surface area contributed by atoms with E-state index in [0.29, 0.717) is 16.7 Å². The monoisotopic (exact) mass is 279 g/mol. The molecule has 1 aromatic heterocycles. The highest BCUT2D eigenvalue weighted by Crippen LogP contribution is 2.48. The van der Waals surface area contributed by atoms with Crippen LogP contribution in [0, 0.1) is 0 Å². The van der Waals surface area contributed by atoms with Gasteiger partial charge < -0.3 is 19.2 Å². The lowest BCUT2D eigenvalue weighted by Crippen LogP contribution is -1.94. The molecule has 1 aromatic carbocycles. The van der Waals surface area contributed by atoms with Crippen LogP contribution >= 0.6 is 0 Å². The molecule has 4 heteroatoms. The molecule has 4 nitrogen and oxygen atoms in total. The topological polar surface area (TPSA) is 58.5 Å². The number of rotatable bonds is 1. The van der Waals surface area contributed by atoms with Gasteiger partial charge in [0.15, 0.2) is 11.3 Å². The van der Waals surface area contributed by atoms with Gasteiger partial charge in [0.05, 0.1) is 5.56 Å². The number of aromatic hydroxyl groups is 2. The van der Waals surface area contributed by atoms with Gasteiger partial charge in [0, 0.05) is 18.8 Å². The third kappa shape index (κ3) is 1.56. The maximum atomic E-state index is 10.3. The number of nitrogens with zero attached hydrogens (tertiary/aromatic N) is 1. The molecule has 0 unspecified atom stereocenters. The summed E-state index contributed by atoms with van der Waals surface area (Å²) in [5.41, 5.74) is 4.55. The minimum absolute atomic E-state index is 0.0660. The van der Waals surface area contributed by atoms with E-state index in [1.165, 1.54) is 6.26 Å². The van der Waals surface area contributed by atoms with Gasteiger partial charge in [0.2, 0.25) is 0 Å². The standard InChI is InChI=1S/C17H13NO3/c1-18-8-12-11(10-5-3-2-4-6-10)7-13(19)15(12)17-16(18)14(20)9-21-17/h2-9,19-20H,1H3. The van der Waals surface area contributed by atoms with Gasteiger partial charge in [-0.1, -0.05) is 30.3 Å². The third-order valence-corrected chi connectivity index (χ3v) is 3.83. The summed E-state index contributed by atoms with van der Waals surface area (Å²) in [4.78, 5) is 0. The highest BCUT2D eigenvalue weighted by atomic mass is 16.4. The van der Waals surface area contributed by atoms with Crippen molar-refractivity contribution in [2.75, 3.05) is 0 Å². The summed E-state index contributed by atoms with van der Waals surface area (Å²) in [7, 11) is 1.84. The minimum Gasteiger partial charge on any atom is -0.507 e. The Morgan fingerprint density at radius 1 is 1.00 bits per heavy atom. The molecule has 0 atom stereocenters. The third-order valence-electron chi connectivity index (χ3n) is 3.83. The fourth-order valence-corrected chi connectivity index (χ4v) is 2.91. The first-order chi connectivity index (χ1) is 10.2. The average molecular weight is 279 g/mol. The Labute approximate surface area is 120 Å². The first-order valence-corrected chi connectivity index (χ1v) is 6.63. The van der Waals surface area contributed by atoms with E-state index in [9.17, 15) is 10.2 Å². The Balaban J connectivity index is 2.12. The molecular weight excluding hydrogens is 266 g/mol. The van der Waals surface area contributed by atoms with Crippen LogP contribution < -0.4 is 0 Å². The summed E-state index contributed by atoms with van der Waals surface area (Å²) < 4.78 is 7.25. The molecule has 2 heterocycles. The quantitative estimate of drug-likeness (QED) is 0.554. The fourth-order valence-electron chi connectivity index (χ4n) is 2.91. The number of hydrogen-bond donors (Lipinski definition) is 2. The van der Waals surface area contributed by atoms with Crippen molar-refractivity contribution in [2.45, 2.75) is 0 Å². The Morgan fingerprint density at radius 2 is 1.76 bits per heavy atom. The second kappa shape index (κ2) is 4.06. The van der Waals surface area contributed by atoms with Gasteiger partial charge in [-0.15, -0.1) is 0 Å². The largest absolute Gasteiger partial charge is 0.507 e. The Hall–Kier alpha value is -2.88. The van der Waals surface area contributed by atoms with E-state index in [2.05, 4.69) is 0 Å². The van der Waals surface area contributed by atoms with Crippen molar-refractivity contribution in [1.82, 2.24) is 4.57 Å². The van der Waals surface area contributed by atoms with Crippen molar-refractivity contribution in [3.63, 3.8) is 0 Å². The first kappa shape index (κ1) is 11.9. The molecule has 2 aliphatic rings. The molecule has 1 aliphatic heterocycles. The number of hydrogen-bond acceptors (Lipinski definition) is 3. The maximum Gasteiger partial charge on any atom is 0.178 e. The number of fused-ring (bicyclic) bond motifs is 3. The van der Waals surface area contributed by atoms with Crippen LogP contribution in [0.15, 0.2) is 53.3 Å². The van der Waals surface area contributed by atoms with Gasteiger partial charge in [-0.2, -0.15) is 0 Å². The van der Waals surface area contributed by atoms with Crippen molar-refractivity contribution in [2.24, 2.45) is 7.05 Å². The molecule has 2 aromatic rings. The van der Waals surface area contributed by atoms with Crippen LogP contribution in [0.25, 0.3) is 33.4 Å². The zero-order valence-corrected chi connectivity index (χ0v) is 11.4. The lowest BCUT2D eigenvalue weighted by Gasteiger charge is -2.09. The smallest absolute Gasteiger partial charge is 0.178 e. The van der Waals surface area contributed by atoms with E-state index in [4.69, 9.17) is 4.42 Å². The van der Waals surface area contributed by atoms with E-state index in [1.54, 1.807) is 6.07 Å². The van der Waals surface area contributed by atoms with Crippen molar-refractivity contribution >= 4 is 11.1 Å². The minimum atomic E-state index is 0.0660. The molecule has 1 aliphatic carbocycles. The molecule has 0 saturated heterocycles. The second-order valence-electron chi connectivity index (χ2n) is 5.14. The number of benzene rings is 1. The summed E-state index contributed by atoms with van der Waals surface area (Å²) in [6.45, 7) is 0. The molecule has 0 fully saturated rings. The zero-order valence-electron chi connectivity index (χ0n) is 11.4. The van der Waals surface area contributed by atoms with Gasteiger partial charge in [0.25, 0.3) is 0 Å². The first-order valence-electron chi connectivity index (χ1n) is 6.63. The molecule has 0 bridgehead atoms. The number of pyridine rings is 1. The molecule has 104 valence electrons. The lowest BCUT2D eigenvalue weighted by molar-refractivity contribution is 0.462. The van der Waals surface area contributed by atoms with E-state index in [0.717, 1.165) is 16.7 Å². The molecule has 21 heavy (non-hydrogen) atoms. The Bertz CT molecular complexity index is 918. The zero-order chi connectivity index (χ0) is 14.6. The summed E-state index contributed by atoms with van der Waals surface area (Å²) in [6.07, 6.45) is 3.19. The summed E-state index contributed by atoms with van der Waals surface area (Å²) >= 11 is 0. The highest BCUT2D eigenvalue weighted by molar-refractivity contribution is 6.03. The lowest BCUT2D eigenvalue weighted by atomic mass is 10.0. The van der Waals surface area contributed by atoms with Gasteiger partial charge in [-0.05, 0) is 17.2 Å². The number of aryl methyl sites for hydroxylation is 1. The van der Waals surface area contributed by atoms with Crippen molar-refractivity contribution in [1.29, 1.82) is 0 Å². The van der Waals surface area contributed by atoms with Crippen LogP contribution in [0.1, 0.15) is 0 Å². The van der Waals surface area contributed by atoms with E-state index in [1.807, 2.05) is 48.1 Å². The summed E-state index contributed by atoms with van der Waals surface area (Å²) in [6, 6.07) is 11.6. The Kier molecular flexibility index (Phi) is 2.30. The second-order valence-corrected chi connectivity index (χ2v) is 5.14. The summed E-state index contributed by atoms with van der Waals surface area (Å²) in [5, 5.41) is 20.2. The van der Waals surface area contributed by atoms with Gasteiger partial charge in [-0.3, -0.25) is 0 Å². The van der Waals surface area contributed by atoms with Crippen LogP contribution in [0.3, 0.4) is 0 Å². The SMILES string of the molecule is Cn1cc2c(-c3ccccc3)cc(O)c-2c2occ(O)c21. The molecule has 0 saturated carbocycles. The average Bonchev–Trinajstić information content (AvgIpc) is 3.02. The normalized spacial score (nSPS) is 11.5. The van der Waals surface area contributed by atoms with Gasteiger partial charge in [0.1, 0.15) is 17.5 Å². The molecule has 0 spiro atoms. The van der Waals surface area contributed by atoms with Crippen molar-refractivity contribution in [3.05, 3.63) is 48.9 Å². The van der Waals surface area contributed by atoms with E-state index in [-0.39, 0.29) is 11.5 Å². The molecule has 0 radical (unpaired) electrons. The molecule has 4 rings (SSSR count). The predicted octanol–water partition coefficient (Wildman–Crippen LogP) is 3.95. The fraction of sp³-hybridized carbons (Fsp3) is 0.0588. The van der Waals surface area contributed by atoms with Crippen LogP contribution in [0.2, 0.25) is 0 Å². The van der Waals surface area contributed by atoms with Crippen LogP contribution in [0.5, 0.6) is 11.5 Å². The molecule has 2 N–H and O–H groups in total. The van der Waals surface area contributed by atoms with E-state index >= 15 is 0 Å². The highest BCUT2D eigenvalue weighted by Gasteiger charge is 2.24. The van der Waals surface area contributed by atoms with Crippen LogP contribution in [0.4, 0.5) is 0 Å². The van der Waals surface area contributed by atoms with Crippen LogP contribution in [-0.2, 0) is 7.05 Å². The van der Waals surface area contributed by atoms with Crippen LogP contribution in [-0.4, -0.2) is 14.8 Å².